The van der Waals surface area contributed by atoms with Crippen molar-refractivity contribution in [2.24, 2.45) is 0 Å². The Balaban J connectivity index is 1.67. The lowest BCUT2D eigenvalue weighted by atomic mass is 10.3. The number of imidazole rings is 1. The number of rotatable bonds is 3. The van der Waals surface area contributed by atoms with Crippen molar-refractivity contribution in [2.45, 2.75) is 20.4 Å². The van der Waals surface area contributed by atoms with E-state index in [0.29, 0.717) is 6.54 Å². The van der Waals surface area contributed by atoms with Crippen molar-refractivity contribution in [3.63, 3.8) is 0 Å². The Morgan fingerprint density at radius 1 is 1.47 bits per heavy atom. The van der Waals surface area contributed by atoms with Gasteiger partial charge >= 0.3 is 0 Å². The summed E-state index contributed by atoms with van der Waals surface area (Å²) in [6.45, 7) is 5.76. The second-order valence-electron chi connectivity index (χ2n) is 4.70. The first-order valence-corrected chi connectivity index (χ1v) is 6.22. The molecule has 0 radical (unpaired) electrons. The van der Waals surface area contributed by atoms with Crippen molar-refractivity contribution >= 4 is 17.5 Å². The molecule has 2 N–H and O–H groups in total. The molecule has 1 amide bonds. The van der Waals surface area contributed by atoms with Crippen LogP contribution in [0, 0.1) is 13.8 Å². The highest BCUT2D eigenvalue weighted by atomic mass is 16.2. The highest BCUT2D eigenvalue weighted by molar-refractivity contribution is 5.94. The molecule has 7 nitrogen and oxygen atoms in total. The molecule has 3 rings (SSSR count). The van der Waals surface area contributed by atoms with Crippen LogP contribution in [-0.2, 0) is 11.3 Å². The third-order valence-corrected chi connectivity index (χ3v) is 3.31. The van der Waals surface area contributed by atoms with E-state index in [1.807, 2.05) is 29.5 Å². The monoisotopic (exact) mass is 260 g/mol. The molecule has 7 heteroatoms. The number of aromatic amines is 1. The van der Waals surface area contributed by atoms with E-state index in [1.54, 1.807) is 6.20 Å². The summed E-state index contributed by atoms with van der Waals surface area (Å²) in [6, 6.07) is 0. The minimum absolute atomic E-state index is 0.0518. The predicted molar refractivity (Wildman–Crippen MR) is 71.1 cm³/mol. The Bertz CT molecular complexity index is 594. The molecule has 0 saturated heterocycles. The summed E-state index contributed by atoms with van der Waals surface area (Å²) in [7, 11) is 0. The molecular weight excluding hydrogens is 244 g/mol. The van der Waals surface area contributed by atoms with Gasteiger partial charge in [0.25, 0.3) is 0 Å². The third-order valence-electron chi connectivity index (χ3n) is 3.31. The predicted octanol–water partition coefficient (Wildman–Crippen LogP) is 0.682. The molecule has 2 aromatic rings. The number of nitrogens with zero attached hydrogens (tertiary/aromatic N) is 4. The van der Waals surface area contributed by atoms with Crippen molar-refractivity contribution in [1.82, 2.24) is 19.7 Å². The van der Waals surface area contributed by atoms with Crippen LogP contribution < -0.4 is 10.2 Å². The van der Waals surface area contributed by atoms with Gasteiger partial charge in [0.2, 0.25) is 11.9 Å². The van der Waals surface area contributed by atoms with Crippen molar-refractivity contribution in [2.75, 3.05) is 23.3 Å². The number of H-pyrrole nitrogens is 1. The lowest BCUT2D eigenvalue weighted by Gasteiger charge is -2.15. The number of hydrogen-bond acceptors (Lipinski definition) is 4. The van der Waals surface area contributed by atoms with Gasteiger partial charge in [-0.25, -0.2) is 4.98 Å². The average molecular weight is 260 g/mol. The molecule has 0 fully saturated rings. The zero-order chi connectivity index (χ0) is 13.4. The minimum atomic E-state index is -0.0518. The summed E-state index contributed by atoms with van der Waals surface area (Å²) in [5.41, 5.74) is 2.44. The van der Waals surface area contributed by atoms with Crippen molar-refractivity contribution in [3.05, 3.63) is 23.8 Å². The standard InChI is InChI=1S/C12H16N6O/c1-8-11(9(2)16-15-8)14-10(19)7-18-6-5-17-4-3-13-12(17)18/h3-4H,5-7H2,1-2H3,(H,14,19)(H,15,16). The first-order chi connectivity index (χ1) is 9.15. The summed E-state index contributed by atoms with van der Waals surface area (Å²) >= 11 is 0. The number of aryl methyl sites for hydroxylation is 2. The van der Waals surface area contributed by atoms with Crippen LogP contribution in [-0.4, -0.2) is 38.7 Å². The van der Waals surface area contributed by atoms with Gasteiger partial charge in [0.1, 0.15) is 6.54 Å². The molecule has 0 aliphatic carbocycles. The molecule has 1 aliphatic rings. The van der Waals surface area contributed by atoms with Crippen LogP contribution in [0.15, 0.2) is 12.4 Å². The zero-order valence-corrected chi connectivity index (χ0v) is 11.0. The van der Waals surface area contributed by atoms with Gasteiger partial charge < -0.3 is 14.8 Å². The van der Waals surface area contributed by atoms with Crippen LogP contribution in [0.25, 0.3) is 0 Å². The van der Waals surface area contributed by atoms with E-state index in [2.05, 4.69) is 20.5 Å². The molecule has 1 aliphatic heterocycles. The van der Waals surface area contributed by atoms with Gasteiger partial charge in [0.15, 0.2) is 0 Å². The summed E-state index contributed by atoms with van der Waals surface area (Å²) in [5.74, 6) is 0.805. The number of aromatic nitrogens is 4. The van der Waals surface area contributed by atoms with E-state index < -0.39 is 0 Å². The maximum Gasteiger partial charge on any atom is 0.244 e. The number of fused-ring (bicyclic) bond motifs is 1. The van der Waals surface area contributed by atoms with Crippen LogP contribution in [0.1, 0.15) is 11.4 Å². The number of nitrogens with one attached hydrogen (secondary N) is 2. The van der Waals surface area contributed by atoms with Gasteiger partial charge in [-0.3, -0.25) is 9.89 Å². The molecule has 3 heterocycles. The van der Waals surface area contributed by atoms with Gasteiger partial charge in [0.05, 0.1) is 17.1 Å². The molecule has 0 aromatic carbocycles. The summed E-state index contributed by atoms with van der Waals surface area (Å²) in [4.78, 5) is 18.3. The zero-order valence-electron chi connectivity index (χ0n) is 11.0. The third kappa shape index (κ3) is 2.07. The number of carbonyl (C=O) groups excluding carboxylic acids is 1. The van der Waals surface area contributed by atoms with Crippen molar-refractivity contribution in [3.8, 4) is 0 Å². The Kier molecular flexibility index (Phi) is 2.73. The first-order valence-electron chi connectivity index (χ1n) is 6.22. The van der Waals surface area contributed by atoms with Crippen LogP contribution in [0.3, 0.4) is 0 Å². The van der Waals surface area contributed by atoms with Crippen LogP contribution in [0.5, 0.6) is 0 Å². The van der Waals surface area contributed by atoms with Gasteiger partial charge in [-0.05, 0) is 13.8 Å². The van der Waals surface area contributed by atoms with E-state index in [4.69, 9.17) is 0 Å². The minimum Gasteiger partial charge on any atom is -0.331 e. The Hall–Kier alpha value is -2.31. The second-order valence-corrected chi connectivity index (χ2v) is 4.70. The fourth-order valence-electron chi connectivity index (χ4n) is 2.32. The van der Waals surface area contributed by atoms with Gasteiger partial charge in [-0.1, -0.05) is 0 Å². The molecule has 100 valence electrons. The Labute approximate surface area is 110 Å². The topological polar surface area (TPSA) is 78.8 Å². The number of anilines is 2. The molecule has 19 heavy (non-hydrogen) atoms. The van der Waals surface area contributed by atoms with Crippen molar-refractivity contribution < 1.29 is 4.79 Å². The molecule has 0 saturated carbocycles. The highest BCUT2D eigenvalue weighted by Gasteiger charge is 2.22. The molecular formula is C12H16N6O. The van der Waals surface area contributed by atoms with E-state index in [9.17, 15) is 4.79 Å². The quantitative estimate of drug-likeness (QED) is 0.850. The fourth-order valence-corrected chi connectivity index (χ4v) is 2.32. The van der Waals surface area contributed by atoms with Crippen LogP contribution in [0.4, 0.5) is 11.6 Å². The summed E-state index contributed by atoms with van der Waals surface area (Å²) < 4.78 is 2.04. The van der Waals surface area contributed by atoms with E-state index in [-0.39, 0.29) is 5.91 Å². The molecule has 0 atom stereocenters. The van der Waals surface area contributed by atoms with E-state index >= 15 is 0 Å². The van der Waals surface area contributed by atoms with E-state index in [0.717, 1.165) is 36.1 Å². The normalized spacial score (nSPS) is 13.7. The smallest absolute Gasteiger partial charge is 0.244 e. The lowest BCUT2D eigenvalue weighted by Crippen LogP contribution is -2.32. The van der Waals surface area contributed by atoms with Crippen molar-refractivity contribution in [1.29, 1.82) is 0 Å². The number of carbonyl (C=O) groups is 1. The van der Waals surface area contributed by atoms with Gasteiger partial charge in [-0.15, -0.1) is 0 Å². The van der Waals surface area contributed by atoms with Gasteiger partial charge in [0, 0.05) is 25.5 Å². The molecule has 0 spiro atoms. The second kappa shape index (κ2) is 4.42. The van der Waals surface area contributed by atoms with Crippen LogP contribution >= 0.6 is 0 Å². The highest BCUT2D eigenvalue weighted by Crippen LogP contribution is 2.19. The fraction of sp³-hybridized carbons (Fsp3) is 0.417. The summed E-state index contributed by atoms with van der Waals surface area (Å²) in [5, 5.41) is 9.81. The SMILES string of the molecule is Cc1n[nH]c(C)c1NC(=O)CN1CCn2ccnc21. The molecule has 0 unspecified atom stereocenters. The van der Waals surface area contributed by atoms with Gasteiger partial charge in [-0.2, -0.15) is 5.10 Å². The maximum atomic E-state index is 12.1. The Morgan fingerprint density at radius 3 is 3.05 bits per heavy atom. The maximum absolute atomic E-state index is 12.1. The van der Waals surface area contributed by atoms with Crippen LogP contribution in [0.2, 0.25) is 0 Å². The first kappa shape index (κ1) is 11.8. The molecule has 0 bridgehead atoms. The summed E-state index contributed by atoms with van der Waals surface area (Å²) in [6.07, 6.45) is 3.68. The number of hydrogen-bond donors (Lipinski definition) is 2. The lowest BCUT2D eigenvalue weighted by molar-refractivity contribution is -0.115. The van der Waals surface area contributed by atoms with E-state index in [1.165, 1.54) is 0 Å². The average Bonchev–Trinajstić information content (AvgIpc) is 3.03. The Morgan fingerprint density at radius 2 is 2.32 bits per heavy atom. The molecule has 2 aromatic heterocycles. The largest absolute Gasteiger partial charge is 0.331 e. The number of amides is 1.